The molecule has 200 valence electrons. The number of carbonyl (C=O) groups is 1. The number of hydrogen-bond acceptors (Lipinski definition) is 5. The average Bonchev–Trinajstić information content (AvgIpc) is 3.66. The predicted octanol–water partition coefficient (Wildman–Crippen LogP) is 4.68. The van der Waals surface area contributed by atoms with Gasteiger partial charge in [0, 0.05) is 13.1 Å². The predicted molar refractivity (Wildman–Crippen MR) is 132 cm³/mol. The van der Waals surface area contributed by atoms with Crippen LogP contribution in [0.15, 0.2) is 47.4 Å². The van der Waals surface area contributed by atoms with E-state index in [2.05, 4.69) is 0 Å². The fraction of sp³-hybridized carbons (Fsp3) is 0.519. The SMILES string of the molecule is Cc1ccc(S(=O)(=O)N2[C@H](c3cccc(F)c3)CCC[C@@H]2C2(OC(=O)N3CCC(O)CC3)CC2)cc1F. The van der Waals surface area contributed by atoms with E-state index >= 15 is 0 Å². The van der Waals surface area contributed by atoms with Crippen molar-refractivity contribution < 1.29 is 31.8 Å². The van der Waals surface area contributed by atoms with Gasteiger partial charge in [-0.3, -0.25) is 0 Å². The van der Waals surface area contributed by atoms with Crippen LogP contribution in [-0.4, -0.2) is 59.7 Å². The Morgan fingerprint density at radius 2 is 1.78 bits per heavy atom. The molecular weight excluding hydrogens is 502 g/mol. The lowest BCUT2D eigenvalue weighted by molar-refractivity contribution is -0.0160. The van der Waals surface area contributed by atoms with Gasteiger partial charge in [-0.1, -0.05) is 18.2 Å². The summed E-state index contributed by atoms with van der Waals surface area (Å²) in [5, 5.41) is 9.78. The van der Waals surface area contributed by atoms with Crippen molar-refractivity contribution in [3.63, 3.8) is 0 Å². The third kappa shape index (κ3) is 5.11. The molecule has 0 radical (unpaired) electrons. The minimum Gasteiger partial charge on any atom is -0.441 e. The zero-order chi connectivity index (χ0) is 26.4. The van der Waals surface area contributed by atoms with Crippen LogP contribution in [0, 0.1) is 18.6 Å². The van der Waals surface area contributed by atoms with Crippen molar-refractivity contribution in [2.75, 3.05) is 13.1 Å². The van der Waals surface area contributed by atoms with Gasteiger partial charge in [0.05, 0.1) is 23.1 Å². The van der Waals surface area contributed by atoms with E-state index in [9.17, 15) is 27.1 Å². The quantitative estimate of drug-likeness (QED) is 0.602. The first-order valence-electron chi connectivity index (χ1n) is 12.8. The van der Waals surface area contributed by atoms with E-state index in [1.165, 1.54) is 28.6 Å². The molecule has 1 N–H and O–H groups in total. The van der Waals surface area contributed by atoms with Crippen molar-refractivity contribution >= 4 is 16.1 Å². The lowest BCUT2D eigenvalue weighted by Crippen LogP contribution is -2.54. The number of carbonyl (C=O) groups excluding carboxylic acids is 1. The number of ether oxygens (including phenoxy) is 1. The summed E-state index contributed by atoms with van der Waals surface area (Å²) in [5.74, 6) is -1.10. The highest BCUT2D eigenvalue weighted by molar-refractivity contribution is 7.89. The lowest BCUT2D eigenvalue weighted by Gasteiger charge is -2.45. The Hall–Kier alpha value is -2.56. The summed E-state index contributed by atoms with van der Waals surface area (Å²) < 4.78 is 64.3. The maximum absolute atomic E-state index is 14.5. The van der Waals surface area contributed by atoms with Crippen molar-refractivity contribution in [1.82, 2.24) is 9.21 Å². The van der Waals surface area contributed by atoms with Gasteiger partial charge in [-0.25, -0.2) is 22.0 Å². The second-order valence-corrected chi connectivity index (χ2v) is 12.3. The molecule has 37 heavy (non-hydrogen) atoms. The standard InChI is InChI=1S/C27H32F2N2O5S/c1-18-8-9-22(17-23(18)29)37(34,35)31-24(19-4-2-5-20(28)16-19)6-3-7-25(31)27(12-13-27)36-26(33)30-14-10-21(32)11-15-30/h2,4-5,8-9,16-17,21,24-25,32H,3,6-7,10-15H2,1H3/t24-,25+/m0/s1. The highest BCUT2D eigenvalue weighted by Crippen LogP contribution is 2.52. The van der Waals surface area contributed by atoms with E-state index in [4.69, 9.17) is 4.74 Å². The number of sulfonamides is 1. The first-order valence-corrected chi connectivity index (χ1v) is 14.3. The summed E-state index contributed by atoms with van der Waals surface area (Å²) in [6, 6.07) is 8.33. The number of rotatable bonds is 5. The summed E-state index contributed by atoms with van der Waals surface area (Å²) in [4.78, 5) is 14.4. The van der Waals surface area contributed by atoms with Crippen LogP contribution in [0.25, 0.3) is 0 Å². The van der Waals surface area contributed by atoms with Gasteiger partial charge in [0.1, 0.15) is 17.2 Å². The number of likely N-dealkylation sites (tertiary alicyclic amines) is 1. The normalized spacial score (nSPS) is 24.6. The number of benzene rings is 2. The average molecular weight is 535 g/mol. The first-order chi connectivity index (χ1) is 17.6. The summed E-state index contributed by atoms with van der Waals surface area (Å²) in [5.41, 5.74) is -0.168. The Morgan fingerprint density at radius 1 is 1.05 bits per heavy atom. The largest absolute Gasteiger partial charge is 0.441 e. The van der Waals surface area contributed by atoms with Crippen LogP contribution in [0.4, 0.5) is 13.6 Å². The number of aliphatic hydroxyl groups is 1. The highest BCUT2D eigenvalue weighted by atomic mass is 32.2. The molecule has 7 nitrogen and oxygen atoms in total. The molecule has 3 aliphatic rings. The first kappa shape index (κ1) is 26.1. The van der Waals surface area contributed by atoms with E-state index in [0.29, 0.717) is 69.2 Å². The van der Waals surface area contributed by atoms with Gasteiger partial charge in [-0.2, -0.15) is 4.31 Å². The Bertz CT molecular complexity index is 1280. The number of aliphatic hydroxyl groups excluding tert-OH is 1. The number of hydrogen-bond donors (Lipinski definition) is 1. The number of amides is 1. The molecule has 1 saturated carbocycles. The van der Waals surface area contributed by atoms with Crippen molar-refractivity contribution in [2.45, 2.75) is 80.6 Å². The summed E-state index contributed by atoms with van der Waals surface area (Å²) in [7, 11) is -4.24. The molecule has 2 atom stereocenters. The number of nitrogens with zero attached hydrogens (tertiary/aromatic N) is 2. The van der Waals surface area contributed by atoms with Gasteiger partial charge in [0.2, 0.25) is 10.0 Å². The molecule has 1 aliphatic carbocycles. The van der Waals surface area contributed by atoms with Crippen LogP contribution in [0.1, 0.15) is 62.1 Å². The zero-order valence-corrected chi connectivity index (χ0v) is 21.6. The second kappa shape index (κ2) is 9.96. The van der Waals surface area contributed by atoms with Crippen LogP contribution >= 0.6 is 0 Å². The Labute approximate surface area is 216 Å². The molecule has 0 spiro atoms. The maximum atomic E-state index is 14.5. The van der Waals surface area contributed by atoms with Gasteiger partial charge >= 0.3 is 6.09 Å². The van der Waals surface area contributed by atoms with Crippen LogP contribution in [0.2, 0.25) is 0 Å². The molecule has 2 aromatic rings. The van der Waals surface area contributed by atoms with E-state index in [0.717, 1.165) is 6.07 Å². The molecule has 2 aliphatic heterocycles. The van der Waals surface area contributed by atoms with Crippen LogP contribution in [-0.2, 0) is 14.8 Å². The molecule has 1 amide bonds. The van der Waals surface area contributed by atoms with E-state index < -0.39 is 51.5 Å². The zero-order valence-electron chi connectivity index (χ0n) is 20.8. The lowest BCUT2D eigenvalue weighted by atomic mass is 9.90. The highest BCUT2D eigenvalue weighted by Gasteiger charge is 2.60. The second-order valence-electron chi connectivity index (χ2n) is 10.4. The number of aryl methyl sites for hydroxylation is 1. The Balaban J connectivity index is 1.52. The van der Waals surface area contributed by atoms with E-state index in [1.54, 1.807) is 24.0 Å². The molecule has 5 rings (SSSR count). The van der Waals surface area contributed by atoms with Gasteiger partial charge in [-0.15, -0.1) is 0 Å². The Morgan fingerprint density at radius 3 is 2.43 bits per heavy atom. The fourth-order valence-electron chi connectivity index (χ4n) is 5.60. The molecule has 0 aromatic heterocycles. The fourth-order valence-corrected chi connectivity index (χ4v) is 7.53. The summed E-state index contributed by atoms with van der Waals surface area (Å²) in [6.45, 7) is 2.30. The van der Waals surface area contributed by atoms with Gasteiger partial charge < -0.3 is 14.7 Å². The van der Waals surface area contributed by atoms with Crippen molar-refractivity contribution in [3.05, 3.63) is 65.2 Å². The van der Waals surface area contributed by atoms with Gasteiger partial charge in [0.15, 0.2) is 0 Å². The van der Waals surface area contributed by atoms with E-state index in [1.807, 2.05) is 0 Å². The van der Waals surface area contributed by atoms with Gasteiger partial charge in [0.25, 0.3) is 0 Å². The third-order valence-electron chi connectivity index (χ3n) is 7.88. The Kier molecular flexibility index (Phi) is 7.02. The topological polar surface area (TPSA) is 87.2 Å². The molecule has 2 saturated heterocycles. The van der Waals surface area contributed by atoms with E-state index in [-0.39, 0.29) is 4.90 Å². The maximum Gasteiger partial charge on any atom is 0.410 e. The number of piperidine rings is 2. The third-order valence-corrected chi connectivity index (χ3v) is 9.80. The van der Waals surface area contributed by atoms with Crippen molar-refractivity contribution in [3.8, 4) is 0 Å². The van der Waals surface area contributed by atoms with Crippen molar-refractivity contribution in [1.29, 1.82) is 0 Å². The smallest absolute Gasteiger partial charge is 0.410 e. The molecule has 0 bridgehead atoms. The molecule has 2 heterocycles. The van der Waals surface area contributed by atoms with Crippen molar-refractivity contribution in [2.24, 2.45) is 0 Å². The van der Waals surface area contributed by atoms with Crippen LogP contribution in [0.3, 0.4) is 0 Å². The minimum atomic E-state index is -4.24. The molecule has 3 fully saturated rings. The van der Waals surface area contributed by atoms with Gasteiger partial charge in [-0.05, 0) is 87.3 Å². The summed E-state index contributed by atoms with van der Waals surface area (Å²) >= 11 is 0. The number of halogens is 2. The molecular formula is C27H32F2N2O5S. The molecule has 10 heteroatoms. The molecule has 2 aromatic carbocycles. The molecule has 0 unspecified atom stereocenters. The monoisotopic (exact) mass is 534 g/mol. The minimum absolute atomic E-state index is 0.184. The summed E-state index contributed by atoms with van der Waals surface area (Å²) in [6.07, 6.45) is 2.56. The van der Waals surface area contributed by atoms with Crippen LogP contribution in [0.5, 0.6) is 0 Å². The van der Waals surface area contributed by atoms with Crippen LogP contribution < -0.4 is 0 Å².